The Hall–Kier alpha value is -0.770. The molecule has 148 valence electrons. The molecule has 0 spiro atoms. The van der Waals surface area contributed by atoms with Crippen LogP contribution in [-0.4, -0.2) is 68.1 Å². The Morgan fingerprint density at radius 2 is 2.15 bits per heavy atom. The molecule has 0 atom stereocenters. The number of ether oxygens (including phenoxy) is 2. The maximum Gasteiger partial charge on any atom is 0.193 e. The smallest absolute Gasteiger partial charge is 0.193 e. The lowest BCUT2D eigenvalue weighted by Gasteiger charge is -2.31. The van der Waals surface area contributed by atoms with Gasteiger partial charge in [-0.1, -0.05) is 17.7 Å². The first-order valence-electron chi connectivity index (χ1n) is 8.70. The van der Waals surface area contributed by atoms with Gasteiger partial charge in [-0.3, -0.25) is 4.99 Å². The summed E-state index contributed by atoms with van der Waals surface area (Å²) >= 11 is 5.95. The molecule has 0 aromatic heterocycles. The quantitative estimate of drug-likeness (QED) is 0.345. The van der Waals surface area contributed by atoms with Crippen LogP contribution in [-0.2, 0) is 4.74 Å². The van der Waals surface area contributed by atoms with E-state index in [9.17, 15) is 5.11 Å². The van der Waals surface area contributed by atoms with Crippen LogP contribution in [0.5, 0.6) is 5.75 Å². The molecule has 0 aliphatic carbocycles. The van der Waals surface area contributed by atoms with Crippen molar-refractivity contribution in [1.29, 1.82) is 0 Å². The van der Waals surface area contributed by atoms with E-state index in [-0.39, 0.29) is 24.0 Å². The summed E-state index contributed by atoms with van der Waals surface area (Å²) in [7, 11) is 1.96. The van der Waals surface area contributed by atoms with Gasteiger partial charge in [0.15, 0.2) is 5.96 Å². The van der Waals surface area contributed by atoms with Crippen molar-refractivity contribution in [2.45, 2.75) is 25.4 Å². The van der Waals surface area contributed by atoms with E-state index in [4.69, 9.17) is 21.1 Å². The predicted molar refractivity (Wildman–Crippen MR) is 116 cm³/mol. The zero-order chi connectivity index (χ0) is 18.1. The normalized spacial score (nSPS) is 16.5. The number of nitrogens with zero attached hydrogens (tertiary/aromatic N) is 2. The minimum absolute atomic E-state index is 0. The molecule has 1 aliphatic heterocycles. The molecule has 8 heteroatoms. The van der Waals surface area contributed by atoms with E-state index in [2.05, 4.69) is 10.3 Å². The number of nitrogens with one attached hydrogen (secondary N) is 1. The predicted octanol–water partition coefficient (Wildman–Crippen LogP) is 2.78. The van der Waals surface area contributed by atoms with Gasteiger partial charge in [-0.25, -0.2) is 0 Å². The molecule has 2 rings (SSSR count). The summed E-state index contributed by atoms with van der Waals surface area (Å²) in [6, 6.07) is 7.35. The van der Waals surface area contributed by atoms with Crippen molar-refractivity contribution in [1.82, 2.24) is 10.2 Å². The fourth-order valence-electron chi connectivity index (χ4n) is 2.56. The Labute approximate surface area is 177 Å². The molecule has 1 aromatic carbocycles. The number of guanidine groups is 1. The first-order valence-corrected chi connectivity index (χ1v) is 9.08. The maximum absolute atomic E-state index is 10.6. The molecule has 6 nitrogen and oxygen atoms in total. The summed E-state index contributed by atoms with van der Waals surface area (Å²) in [6.07, 6.45) is 1.25. The minimum Gasteiger partial charge on any atom is -0.492 e. The molecule has 0 radical (unpaired) electrons. The van der Waals surface area contributed by atoms with E-state index in [1.165, 1.54) is 0 Å². The third-order valence-corrected chi connectivity index (χ3v) is 4.37. The number of rotatable bonds is 7. The summed E-state index contributed by atoms with van der Waals surface area (Å²) in [5.74, 6) is 1.51. The average molecular weight is 498 g/mol. The highest BCUT2D eigenvalue weighted by Crippen LogP contribution is 2.20. The van der Waals surface area contributed by atoms with Crippen LogP contribution in [0.3, 0.4) is 0 Å². The van der Waals surface area contributed by atoms with Crippen LogP contribution in [0.25, 0.3) is 0 Å². The highest BCUT2D eigenvalue weighted by atomic mass is 127. The first kappa shape index (κ1) is 23.3. The summed E-state index contributed by atoms with van der Waals surface area (Å²) in [5, 5.41) is 14.5. The molecule has 1 fully saturated rings. The zero-order valence-electron chi connectivity index (χ0n) is 15.4. The number of likely N-dealkylation sites (N-methyl/N-ethyl adjacent to an activating group) is 1. The lowest BCUT2D eigenvalue weighted by molar-refractivity contribution is -0.0566. The first-order chi connectivity index (χ1) is 12.0. The molecule has 0 unspecified atom stereocenters. The van der Waals surface area contributed by atoms with Crippen molar-refractivity contribution in [2.24, 2.45) is 4.99 Å². The molecular weight excluding hydrogens is 469 g/mol. The second-order valence-electron chi connectivity index (χ2n) is 6.23. The van der Waals surface area contributed by atoms with Crippen LogP contribution in [0.15, 0.2) is 29.3 Å². The van der Waals surface area contributed by atoms with E-state index >= 15 is 0 Å². The molecule has 0 bridgehead atoms. The van der Waals surface area contributed by atoms with Crippen molar-refractivity contribution >= 4 is 41.5 Å². The van der Waals surface area contributed by atoms with E-state index in [0.717, 1.165) is 18.3 Å². The van der Waals surface area contributed by atoms with Gasteiger partial charge in [0, 0.05) is 44.7 Å². The highest BCUT2D eigenvalue weighted by Gasteiger charge is 2.29. The van der Waals surface area contributed by atoms with E-state index in [1.54, 1.807) is 6.07 Å². The van der Waals surface area contributed by atoms with Gasteiger partial charge >= 0.3 is 0 Å². The summed E-state index contributed by atoms with van der Waals surface area (Å²) < 4.78 is 11.0. The van der Waals surface area contributed by atoms with Crippen LogP contribution < -0.4 is 10.1 Å². The molecule has 26 heavy (non-hydrogen) atoms. The highest BCUT2D eigenvalue weighted by molar-refractivity contribution is 14.0. The standard InChI is InChI=1S/C18H28ClN3O3.HI/c1-3-20-17(21-14-18(23)7-10-24-11-8-18)22(2)9-12-25-16-6-4-5-15(19)13-16;/h4-6,13,23H,3,7-12,14H2,1-2H3,(H,20,21);1H. The summed E-state index contributed by atoms with van der Waals surface area (Å²) in [4.78, 5) is 6.59. The molecular formula is C18H29ClIN3O3. The van der Waals surface area contributed by atoms with Gasteiger partial charge in [0.2, 0.25) is 0 Å². The lowest BCUT2D eigenvalue weighted by Crippen LogP contribution is -2.44. The Bertz CT molecular complexity index is 568. The Kier molecular flexibility index (Phi) is 10.6. The molecule has 0 amide bonds. The van der Waals surface area contributed by atoms with Gasteiger partial charge in [-0.05, 0) is 25.1 Å². The van der Waals surface area contributed by atoms with Gasteiger partial charge in [-0.15, -0.1) is 24.0 Å². The summed E-state index contributed by atoms with van der Waals surface area (Å²) in [6.45, 7) is 5.52. The van der Waals surface area contributed by atoms with Gasteiger partial charge in [0.25, 0.3) is 0 Å². The van der Waals surface area contributed by atoms with Crippen LogP contribution in [0.1, 0.15) is 19.8 Å². The Morgan fingerprint density at radius 1 is 1.42 bits per heavy atom. The van der Waals surface area contributed by atoms with Crippen LogP contribution in [0.4, 0.5) is 0 Å². The van der Waals surface area contributed by atoms with Crippen LogP contribution >= 0.6 is 35.6 Å². The van der Waals surface area contributed by atoms with Gasteiger partial charge in [0.05, 0.1) is 18.7 Å². The molecule has 1 heterocycles. The fraction of sp³-hybridized carbons (Fsp3) is 0.611. The van der Waals surface area contributed by atoms with Gasteiger partial charge < -0.3 is 24.8 Å². The van der Waals surface area contributed by atoms with Crippen LogP contribution in [0, 0.1) is 0 Å². The lowest BCUT2D eigenvalue weighted by atomic mass is 9.95. The summed E-state index contributed by atoms with van der Waals surface area (Å²) in [5.41, 5.74) is -0.767. The van der Waals surface area contributed by atoms with Crippen molar-refractivity contribution in [3.63, 3.8) is 0 Å². The maximum atomic E-state index is 10.6. The fourth-order valence-corrected chi connectivity index (χ4v) is 2.74. The Balaban J connectivity index is 0.00000338. The second kappa shape index (κ2) is 11.8. The van der Waals surface area contributed by atoms with Crippen LogP contribution in [0.2, 0.25) is 5.02 Å². The van der Waals surface area contributed by atoms with Crippen molar-refractivity contribution < 1.29 is 14.6 Å². The molecule has 0 saturated carbocycles. The SMILES string of the molecule is CCNC(=NCC1(O)CCOCC1)N(C)CCOc1cccc(Cl)c1.I. The third kappa shape index (κ3) is 7.85. The Morgan fingerprint density at radius 3 is 2.81 bits per heavy atom. The monoisotopic (exact) mass is 497 g/mol. The molecule has 1 aromatic rings. The van der Waals surface area contributed by atoms with Gasteiger partial charge in [0.1, 0.15) is 12.4 Å². The third-order valence-electron chi connectivity index (χ3n) is 4.13. The van der Waals surface area contributed by atoms with E-state index in [0.29, 0.717) is 50.8 Å². The number of aliphatic imine (C=N–C) groups is 1. The topological polar surface area (TPSA) is 66.3 Å². The number of benzene rings is 1. The largest absolute Gasteiger partial charge is 0.492 e. The van der Waals surface area contributed by atoms with Crippen molar-refractivity contribution in [3.05, 3.63) is 29.3 Å². The van der Waals surface area contributed by atoms with E-state index in [1.807, 2.05) is 37.1 Å². The van der Waals surface area contributed by atoms with Crippen molar-refractivity contribution in [2.75, 3.05) is 46.5 Å². The number of aliphatic hydroxyl groups is 1. The molecule has 1 aliphatic rings. The molecule has 1 saturated heterocycles. The minimum atomic E-state index is -0.767. The van der Waals surface area contributed by atoms with E-state index < -0.39 is 5.60 Å². The number of hydrogen-bond acceptors (Lipinski definition) is 4. The van der Waals surface area contributed by atoms with Crippen molar-refractivity contribution in [3.8, 4) is 5.75 Å². The number of halogens is 2. The average Bonchev–Trinajstić information content (AvgIpc) is 2.59. The zero-order valence-corrected chi connectivity index (χ0v) is 18.5. The second-order valence-corrected chi connectivity index (χ2v) is 6.67. The van der Waals surface area contributed by atoms with Gasteiger partial charge in [-0.2, -0.15) is 0 Å². The molecule has 2 N–H and O–H groups in total. The number of hydrogen-bond donors (Lipinski definition) is 2.